The smallest absolute Gasteiger partial charge is 0.263 e. The molecule has 1 saturated heterocycles. The second kappa shape index (κ2) is 9.62. The summed E-state index contributed by atoms with van der Waals surface area (Å²) in [4.78, 5) is 34.7. The molecule has 0 spiro atoms. The first kappa shape index (κ1) is 21.5. The first-order chi connectivity index (χ1) is 15.0. The molecule has 0 saturated carbocycles. The van der Waals surface area contributed by atoms with E-state index in [1.54, 1.807) is 42.2 Å². The van der Waals surface area contributed by atoms with E-state index in [4.69, 9.17) is 9.47 Å². The van der Waals surface area contributed by atoms with E-state index in [1.807, 2.05) is 18.2 Å². The third kappa shape index (κ3) is 5.32. The van der Waals surface area contributed by atoms with Crippen molar-refractivity contribution in [2.75, 3.05) is 13.2 Å². The molecule has 0 radical (unpaired) electrons. The average molecular weight is 486 g/mol. The van der Waals surface area contributed by atoms with E-state index in [1.165, 1.54) is 0 Å². The van der Waals surface area contributed by atoms with E-state index in [-0.39, 0.29) is 24.1 Å². The minimum absolute atomic E-state index is 0.0315. The number of nitrogens with zero attached hydrogens (tertiary/aromatic N) is 2. The van der Waals surface area contributed by atoms with E-state index < -0.39 is 6.10 Å². The highest BCUT2D eigenvalue weighted by Crippen LogP contribution is 2.20. The van der Waals surface area contributed by atoms with E-state index in [0.29, 0.717) is 35.6 Å². The quantitative estimate of drug-likeness (QED) is 0.551. The highest BCUT2D eigenvalue weighted by Gasteiger charge is 2.27. The number of rotatable bonds is 7. The molecular weight excluding hydrogens is 462 g/mol. The monoisotopic (exact) mass is 485 g/mol. The van der Waals surface area contributed by atoms with Gasteiger partial charge in [-0.3, -0.25) is 9.59 Å². The van der Waals surface area contributed by atoms with E-state index in [9.17, 15) is 9.59 Å². The van der Waals surface area contributed by atoms with Crippen molar-refractivity contribution in [1.29, 1.82) is 0 Å². The molecule has 0 aliphatic carbocycles. The number of halogens is 1. The predicted molar refractivity (Wildman–Crippen MR) is 121 cm³/mol. The van der Waals surface area contributed by atoms with Gasteiger partial charge in [0.25, 0.3) is 11.5 Å². The Kier molecular flexibility index (Phi) is 6.67. The molecular formula is C23H24BrN3O4. The number of aromatic nitrogens is 2. The number of hydrogen-bond acceptors (Lipinski definition) is 5. The van der Waals surface area contributed by atoms with Crippen molar-refractivity contribution in [3.63, 3.8) is 0 Å². The van der Waals surface area contributed by atoms with Crippen LogP contribution in [0.5, 0.6) is 5.75 Å². The van der Waals surface area contributed by atoms with Crippen LogP contribution >= 0.6 is 15.9 Å². The minimum Gasteiger partial charge on any atom is -0.481 e. The lowest BCUT2D eigenvalue weighted by atomic mass is 10.2. The third-order valence-electron chi connectivity index (χ3n) is 5.24. The molecule has 4 rings (SSSR count). The maximum atomic E-state index is 13.3. The molecule has 2 aromatic carbocycles. The van der Waals surface area contributed by atoms with Crippen LogP contribution in [0, 0.1) is 0 Å². The largest absolute Gasteiger partial charge is 0.481 e. The van der Waals surface area contributed by atoms with Crippen molar-refractivity contribution in [1.82, 2.24) is 14.9 Å². The lowest BCUT2D eigenvalue weighted by molar-refractivity contribution is -0.140. The van der Waals surface area contributed by atoms with Gasteiger partial charge in [0.05, 0.1) is 23.6 Å². The molecule has 31 heavy (non-hydrogen) atoms. The molecule has 2 heterocycles. The molecule has 162 valence electrons. The van der Waals surface area contributed by atoms with Crippen LogP contribution in [0.2, 0.25) is 0 Å². The zero-order chi connectivity index (χ0) is 21.8. The van der Waals surface area contributed by atoms with Gasteiger partial charge in [0.15, 0.2) is 6.10 Å². The molecule has 8 heteroatoms. The van der Waals surface area contributed by atoms with Crippen LogP contribution in [0.15, 0.2) is 57.8 Å². The lowest BCUT2D eigenvalue weighted by Gasteiger charge is -2.28. The SMILES string of the molecule is CC(Oc1ccc(Br)cc1)C(=O)N(Cc1nc2ccccc2c(=O)[nH]1)CC1CCCO1. The van der Waals surface area contributed by atoms with Crippen LogP contribution in [0.1, 0.15) is 25.6 Å². The molecule has 0 bridgehead atoms. The number of aromatic amines is 1. The van der Waals surface area contributed by atoms with Gasteiger partial charge in [-0.1, -0.05) is 28.1 Å². The van der Waals surface area contributed by atoms with Gasteiger partial charge < -0.3 is 19.4 Å². The van der Waals surface area contributed by atoms with Crippen LogP contribution in [0.4, 0.5) is 0 Å². The molecule has 2 unspecified atom stereocenters. The number of fused-ring (bicyclic) bond motifs is 1. The number of nitrogens with one attached hydrogen (secondary N) is 1. The molecule has 1 aliphatic heterocycles. The summed E-state index contributed by atoms with van der Waals surface area (Å²) >= 11 is 3.39. The Hall–Kier alpha value is -2.71. The Balaban J connectivity index is 1.55. The van der Waals surface area contributed by atoms with Crippen LogP contribution in [-0.4, -0.2) is 46.1 Å². The summed E-state index contributed by atoms with van der Waals surface area (Å²) in [6.45, 7) is 3.02. The Morgan fingerprint density at radius 1 is 1.29 bits per heavy atom. The fraction of sp³-hybridized carbons (Fsp3) is 0.348. The highest BCUT2D eigenvalue weighted by atomic mass is 79.9. The Morgan fingerprint density at radius 2 is 2.06 bits per heavy atom. The summed E-state index contributed by atoms with van der Waals surface area (Å²) in [5.74, 6) is 0.860. The van der Waals surface area contributed by atoms with E-state index in [0.717, 1.165) is 17.3 Å². The highest BCUT2D eigenvalue weighted by molar-refractivity contribution is 9.10. The number of amides is 1. The zero-order valence-corrected chi connectivity index (χ0v) is 18.8. The first-order valence-corrected chi connectivity index (χ1v) is 11.1. The van der Waals surface area contributed by atoms with E-state index in [2.05, 4.69) is 25.9 Å². The first-order valence-electron chi connectivity index (χ1n) is 10.3. The molecule has 3 aromatic rings. The van der Waals surface area contributed by atoms with Crippen molar-refractivity contribution < 1.29 is 14.3 Å². The molecule has 1 aliphatic rings. The van der Waals surface area contributed by atoms with Gasteiger partial charge in [0.1, 0.15) is 11.6 Å². The minimum atomic E-state index is -0.699. The van der Waals surface area contributed by atoms with Gasteiger partial charge in [0.2, 0.25) is 0 Å². The number of ether oxygens (including phenoxy) is 2. The predicted octanol–water partition coefficient (Wildman–Crippen LogP) is 3.66. The van der Waals surface area contributed by atoms with Crippen LogP contribution < -0.4 is 10.3 Å². The van der Waals surface area contributed by atoms with Crippen molar-refractivity contribution >= 4 is 32.7 Å². The van der Waals surface area contributed by atoms with Crippen molar-refractivity contribution in [3.05, 3.63) is 69.2 Å². The molecule has 1 aromatic heterocycles. The van der Waals surface area contributed by atoms with Gasteiger partial charge >= 0.3 is 0 Å². The maximum absolute atomic E-state index is 13.3. The average Bonchev–Trinajstić information content (AvgIpc) is 3.27. The van der Waals surface area contributed by atoms with Crippen LogP contribution in [-0.2, 0) is 16.1 Å². The summed E-state index contributed by atoms with van der Waals surface area (Å²) in [5, 5.41) is 0.523. The molecule has 2 atom stereocenters. The Bertz CT molecular complexity index is 1110. The van der Waals surface area contributed by atoms with E-state index >= 15 is 0 Å². The number of para-hydroxylation sites is 1. The maximum Gasteiger partial charge on any atom is 0.263 e. The molecule has 1 amide bonds. The number of hydrogen-bond donors (Lipinski definition) is 1. The van der Waals surface area contributed by atoms with Gasteiger partial charge in [-0.2, -0.15) is 0 Å². The topological polar surface area (TPSA) is 84.5 Å². The normalized spacial score (nSPS) is 16.9. The van der Waals surface area contributed by atoms with Crippen molar-refractivity contribution in [2.45, 2.75) is 38.5 Å². The van der Waals surface area contributed by atoms with Gasteiger partial charge in [-0.05, 0) is 56.2 Å². The fourth-order valence-electron chi connectivity index (χ4n) is 3.68. The summed E-state index contributed by atoms with van der Waals surface area (Å²) in [7, 11) is 0. The molecule has 1 N–H and O–H groups in total. The lowest BCUT2D eigenvalue weighted by Crippen LogP contribution is -2.44. The van der Waals surface area contributed by atoms with Gasteiger partial charge in [-0.15, -0.1) is 0 Å². The summed E-state index contributed by atoms with van der Waals surface area (Å²) in [6, 6.07) is 14.5. The van der Waals surface area contributed by atoms with Crippen LogP contribution in [0.3, 0.4) is 0 Å². The zero-order valence-electron chi connectivity index (χ0n) is 17.2. The number of carbonyl (C=O) groups is 1. The Labute approximate surface area is 188 Å². The standard InChI is InChI=1S/C23H24BrN3O4/c1-15(31-17-10-8-16(24)9-11-17)23(29)27(13-18-5-4-12-30-18)14-21-25-20-7-3-2-6-19(20)22(28)26-21/h2-3,6-11,15,18H,4-5,12-14H2,1H3,(H,25,26,28). The summed E-state index contributed by atoms with van der Waals surface area (Å²) < 4.78 is 12.5. The third-order valence-corrected chi connectivity index (χ3v) is 5.77. The van der Waals surface area contributed by atoms with Crippen molar-refractivity contribution in [2.24, 2.45) is 0 Å². The fourth-order valence-corrected chi connectivity index (χ4v) is 3.95. The number of H-pyrrole nitrogens is 1. The second-order valence-electron chi connectivity index (χ2n) is 7.60. The summed E-state index contributed by atoms with van der Waals surface area (Å²) in [6.07, 6.45) is 1.14. The molecule has 1 fully saturated rings. The van der Waals surface area contributed by atoms with Crippen molar-refractivity contribution in [3.8, 4) is 5.75 Å². The van der Waals surface area contributed by atoms with Crippen LogP contribution in [0.25, 0.3) is 10.9 Å². The van der Waals surface area contributed by atoms with Gasteiger partial charge in [0, 0.05) is 17.6 Å². The number of benzene rings is 2. The number of carbonyl (C=O) groups excluding carboxylic acids is 1. The molecule has 7 nitrogen and oxygen atoms in total. The summed E-state index contributed by atoms with van der Waals surface area (Å²) in [5.41, 5.74) is 0.384. The van der Waals surface area contributed by atoms with Gasteiger partial charge in [-0.25, -0.2) is 4.98 Å². The second-order valence-corrected chi connectivity index (χ2v) is 8.51. The Morgan fingerprint density at radius 3 is 2.81 bits per heavy atom.